The first-order valence-corrected chi connectivity index (χ1v) is 9.07. The molecular formula is C19H17N4O3S+. The van der Waals surface area contributed by atoms with E-state index in [2.05, 4.69) is 9.79 Å². The van der Waals surface area contributed by atoms with Crippen LogP contribution >= 0.6 is 11.3 Å². The van der Waals surface area contributed by atoms with Crippen LogP contribution in [0.15, 0.2) is 39.6 Å². The molecule has 0 aliphatic heterocycles. The van der Waals surface area contributed by atoms with Crippen molar-refractivity contribution in [1.82, 2.24) is 10.3 Å². The number of benzene rings is 1. The number of hydrogen-bond acceptors (Lipinski definition) is 6. The number of aromatic nitrogens is 3. The van der Waals surface area contributed by atoms with Gasteiger partial charge in [0, 0.05) is 10.9 Å². The van der Waals surface area contributed by atoms with E-state index in [1.807, 2.05) is 44.2 Å². The van der Waals surface area contributed by atoms with Crippen molar-refractivity contribution in [2.75, 3.05) is 5.73 Å². The summed E-state index contributed by atoms with van der Waals surface area (Å²) in [6.07, 6.45) is 0. The standard InChI is InChI=1S/C19H16N4O3S/c1-9-4-6-11(7-5-9)14-10(2)8-12-13(20)17(27-18(12)21-14)16(24)15-19(25)26-22-23(15)3/h4-8H,1-3H3,(H2-,20,22,24,25)/p+1. The van der Waals surface area contributed by atoms with Crippen LogP contribution in [0.5, 0.6) is 0 Å². The van der Waals surface area contributed by atoms with Gasteiger partial charge in [-0.2, -0.15) is 0 Å². The van der Waals surface area contributed by atoms with Gasteiger partial charge in [0.2, 0.25) is 0 Å². The number of anilines is 1. The van der Waals surface area contributed by atoms with Gasteiger partial charge in [0.15, 0.2) is 7.05 Å². The maximum atomic E-state index is 12.8. The van der Waals surface area contributed by atoms with Crippen LogP contribution in [0.2, 0.25) is 0 Å². The van der Waals surface area contributed by atoms with E-state index in [1.165, 1.54) is 28.6 Å². The second-order valence-corrected chi connectivity index (χ2v) is 7.43. The molecule has 3 aromatic heterocycles. The Morgan fingerprint density at radius 2 is 1.96 bits per heavy atom. The number of ketones is 1. The maximum absolute atomic E-state index is 12.8. The molecule has 1 aromatic carbocycles. The molecule has 136 valence electrons. The summed E-state index contributed by atoms with van der Waals surface area (Å²) in [4.78, 5) is 30.3. The van der Waals surface area contributed by atoms with Gasteiger partial charge in [-0.25, -0.2) is 9.78 Å². The van der Waals surface area contributed by atoms with Gasteiger partial charge in [0.1, 0.15) is 9.71 Å². The lowest BCUT2D eigenvalue weighted by atomic mass is 10.0. The van der Waals surface area contributed by atoms with Crippen LogP contribution in [0.3, 0.4) is 0 Å². The lowest BCUT2D eigenvalue weighted by Crippen LogP contribution is -2.39. The summed E-state index contributed by atoms with van der Waals surface area (Å²) in [5.74, 6) is -0.484. The molecule has 0 spiro atoms. The third-order valence-electron chi connectivity index (χ3n) is 4.46. The Bertz CT molecular complexity index is 1250. The van der Waals surface area contributed by atoms with Crippen LogP contribution in [-0.4, -0.2) is 16.0 Å². The molecule has 4 aromatic rings. The number of carbonyl (C=O) groups is 1. The minimum Gasteiger partial charge on any atom is -0.397 e. The number of nitrogens with one attached hydrogen (secondary N) is 1. The van der Waals surface area contributed by atoms with Crippen LogP contribution in [-0.2, 0) is 7.05 Å². The molecule has 0 unspecified atom stereocenters. The Morgan fingerprint density at radius 1 is 1.26 bits per heavy atom. The van der Waals surface area contributed by atoms with E-state index in [-0.39, 0.29) is 10.6 Å². The smallest absolute Gasteiger partial charge is 0.397 e. The van der Waals surface area contributed by atoms with Gasteiger partial charge in [-0.1, -0.05) is 34.5 Å². The van der Waals surface area contributed by atoms with Crippen molar-refractivity contribution in [1.29, 1.82) is 0 Å². The van der Waals surface area contributed by atoms with Crippen molar-refractivity contribution < 1.29 is 14.0 Å². The second kappa shape index (κ2) is 6.17. The average Bonchev–Trinajstić information content (AvgIpc) is 3.14. The maximum Gasteiger partial charge on any atom is 0.438 e. The summed E-state index contributed by atoms with van der Waals surface area (Å²) in [5.41, 5.74) is 9.68. The predicted molar refractivity (Wildman–Crippen MR) is 103 cm³/mol. The summed E-state index contributed by atoms with van der Waals surface area (Å²) in [6, 6.07) is 10.0. The van der Waals surface area contributed by atoms with Gasteiger partial charge in [0.05, 0.1) is 11.4 Å². The van der Waals surface area contributed by atoms with Crippen molar-refractivity contribution in [2.45, 2.75) is 13.8 Å². The summed E-state index contributed by atoms with van der Waals surface area (Å²) in [6.45, 7) is 3.99. The van der Waals surface area contributed by atoms with E-state index >= 15 is 0 Å². The molecule has 3 N–H and O–H groups in total. The number of nitrogens with two attached hydrogens (primary N) is 1. The van der Waals surface area contributed by atoms with Gasteiger partial charge in [0.25, 0.3) is 5.78 Å². The number of nitrogen functional groups attached to an aromatic ring is 1. The van der Waals surface area contributed by atoms with Gasteiger partial charge in [-0.05, 0) is 30.7 Å². The Labute approximate surface area is 158 Å². The van der Waals surface area contributed by atoms with Gasteiger partial charge in [-0.15, -0.1) is 11.3 Å². The Hall–Kier alpha value is -3.26. The fraction of sp³-hybridized carbons (Fsp3) is 0.158. The Balaban J connectivity index is 1.88. The highest BCUT2D eigenvalue weighted by Gasteiger charge is 2.31. The molecule has 0 saturated carbocycles. The zero-order chi connectivity index (χ0) is 19.3. The first-order valence-electron chi connectivity index (χ1n) is 8.25. The van der Waals surface area contributed by atoms with Gasteiger partial charge < -0.3 is 5.73 Å². The molecule has 3 heterocycles. The SMILES string of the molecule is Cc1ccc(-c2nc3sc(C(=O)c4c(=O)o[nH][n+]4C)c(N)c3cc2C)cc1. The molecule has 4 rings (SSSR count). The fourth-order valence-electron chi connectivity index (χ4n) is 3.01. The number of H-pyrrole nitrogens is 1. The highest BCUT2D eigenvalue weighted by Crippen LogP contribution is 2.36. The lowest BCUT2D eigenvalue weighted by molar-refractivity contribution is -0.741. The van der Waals surface area contributed by atoms with Crippen molar-refractivity contribution in [3.8, 4) is 11.3 Å². The number of aryl methyl sites for hydroxylation is 3. The quantitative estimate of drug-likeness (QED) is 0.419. The zero-order valence-corrected chi connectivity index (χ0v) is 15.8. The lowest BCUT2D eigenvalue weighted by Gasteiger charge is -2.06. The molecule has 0 amide bonds. The molecule has 7 nitrogen and oxygen atoms in total. The van der Waals surface area contributed by atoms with E-state index < -0.39 is 11.4 Å². The molecule has 0 fully saturated rings. The molecule has 8 heteroatoms. The highest BCUT2D eigenvalue weighted by molar-refractivity contribution is 7.21. The number of pyridine rings is 1. The number of aromatic amines is 1. The van der Waals surface area contributed by atoms with Crippen molar-refractivity contribution in [3.05, 3.63) is 62.4 Å². The first-order chi connectivity index (χ1) is 12.9. The number of nitrogens with zero attached hydrogens (tertiary/aromatic N) is 2. The van der Waals surface area contributed by atoms with E-state index in [9.17, 15) is 9.59 Å². The van der Waals surface area contributed by atoms with Crippen LogP contribution in [0.4, 0.5) is 5.69 Å². The number of hydrogen-bond donors (Lipinski definition) is 2. The zero-order valence-electron chi connectivity index (χ0n) is 15.0. The topological polar surface area (TPSA) is 106 Å². The molecular weight excluding hydrogens is 364 g/mol. The number of thiophene rings is 1. The van der Waals surface area contributed by atoms with Crippen molar-refractivity contribution in [2.24, 2.45) is 7.05 Å². The van der Waals surface area contributed by atoms with E-state index in [4.69, 9.17) is 10.7 Å². The molecule has 0 saturated heterocycles. The minimum absolute atomic E-state index is 0.108. The minimum atomic E-state index is -0.733. The molecule has 0 radical (unpaired) electrons. The predicted octanol–water partition coefficient (Wildman–Crippen LogP) is 2.50. The monoisotopic (exact) mass is 381 g/mol. The molecule has 0 atom stereocenters. The third-order valence-corrected chi connectivity index (χ3v) is 5.58. The first kappa shape index (κ1) is 17.2. The van der Waals surface area contributed by atoms with Crippen LogP contribution in [0.25, 0.3) is 21.5 Å². The largest absolute Gasteiger partial charge is 0.438 e. The summed E-state index contributed by atoms with van der Waals surface area (Å²) >= 11 is 1.17. The number of fused-ring (bicyclic) bond motifs is 1. The summed E-state index contributed by atoms with van der Waals surface area (Å²) in [7, 11) is 1.53. The van der Waals surface area contributed by atoms with Gasteiger partial charge >= 0.3 is 11.3 Å². The second-order valence-electron chi connectivity index (χ2n) is 6.44. The fourth-order valence-corrected chi connectivity index (χ4v) is 4.03. The van der Waals surface area contributed by atoms with Crippen LogP contribution in [0.1, 0.15) is 26.5 Å². The van der Waals surface area contributed by atoms with Crippen LogP contribution < -0.4 is 16.0 Å². The molecule has 27 heavy (non-hydrogen) atoms. The molecule has 0 aliphatic rings. The van der Waals surface area contributed by atoms with Crippen LogP contribution in [0, 0.1) is 13.8 Å². The number of rotatable bonds is 3. The highest BCUT2D eigenvalue weighted by atomic mass is 32.1. The van der Waals surface area contributed by atoms with Gasteiger partial charge in [-0.3, -0.25) is 9.32 Å². The normalized spacial score (nSPS) is 11.2. The Kier molecular flexibility index (Phi) is 3.92. The van der Waals surface area contributed by atoms with E-state index in [1.54, 1.807) is 0 Å². The number of carbonyl (C=O) groups excluding carboxylic acids is 1. The van der Waals surface area contributed by atoms with E-state index in [0.29, 0.717) is 15.9 Å². The molecule has 0 bridgehead atoms. The van der Waals surface area contributed by atoms with E-state index in [0.717, 1.165) is 16.8 Å². The molecule has 0 aliphatic carbocycles. The average molecular weight is 381 g/mol. The Morgan fingerprint density at radius 3 is 2.59 bits per heavy atom. The van der Waals surface area contributed by atoms with Crippen molar-refractivity contribution >= 4 is 33.0 Å². The summed E-state index contributed by atoms with van der Waals surface area (Å²) in [5, 5.41) is 3.05. The summed E-state index contributed by atoms with van der Waals surface area (Å²) < 4.78 is 5.91. The van der Waals surface area contributed by atoms with Crippen molar-refractivity contribution in [3.63, 3.8) is 0 Å². The third kappa shape index (κ3) is 2.74.